The molecular formula is C18H30Cl2N2O2. The predicted octanol–water partition coefficient (Wildman–Crippen LogP) is 3.85. The van der Waals surface area contributed by atoms with Crippen LogP contribution in [0.5, 0.6) is 11.5 Å². The molecule has 0 bridgehead atoms. The summed E-state index contributed by atoms with van der Waals surface area (Å²) < 4.78 is 11.1. The van der Waals surface area contributed by atoms with Crippen LogP contribution in [0.4, 0.5) is 0 Å². The summed E-state index contributed by atoms with van der Waals surface area (Å²) in [6, 6.07) is 6.73. The third-order valence-electron chi connectivity index (χ3n) is 4.11. The number of allylic oxidation sites excluding steroid dienone is 1. The summed E-state index contributed by atoms with van der Waals surface area (Å²) in [4.78, 5) is 2.55. The molecule has 24 heavy (non-hydrogen) atoms. The Balaban J connectivity index is 0.00000264. The van der Waals surface area contributed by atoms with Gasteiger partial charge in [-0.05, 0) is 37.5 Å². The SMILES string of the molecule is C=CCC[C@@H](c1ccc(OCC)c(OC)c1)N1CCNCC1.Cl.Cl. The Kier molecular flexibility index (Phi) is 11.9. The molecule has 1 heterocycles. The maximum absolute atomic E-state index is 5.62. The number of rotatable bonds is 8. The lowest BCUT2D eigenvalue weighted by Crippen LogP contribution is -2.45. The van der Waals surface area contributed by atoms with E-state index in [1.807, 2.05) is 19.1 Å². The third-order valence-corrected chi connectivity index (χ3v) is 4.11. The zero-order valence-corrected chi connectivity index (χ0v) is 16.3. The first-order chi connectivity index (χ1) is 10.8. The van der Waals surface area contributed by atoms with Crippen molar-refractivity contribution in [3.05, 3.63) is 36.4 Å². The molecule has 1 N–H and O–H groups in total. The fraction of sp³-hybridized carbons (Fsp3) is 0.556. The first-order valence-electron chi connectivity index (χ1n) is 8.16. The Morgan fingerprint density at radius 3 is 2.54 bits per heavy atom. The van der Waals surface area contributed by atoms with Gasteiger partial charge in [0.25, 0.3) is 0 Å². The number of hydrogen-bond donors (Lipinski definition) is 1. The van der Waals surface area contributed by atoms with Gasteiger partial charge in [-0.3, -0.25) is 4.90 Å². The fourth-order valence-corrected chi connectivity index (χ4v) is 3.00. The number of hydrogen-bond acceptors (Lipinski definition) is 4. The van der Waals surface area contributed by atoms with Gasteiger partial charge in [-0.25, -0.2) is 0 Å². The molecule has 1 aliphatic rings. The standard InChI is InChI=1S/C18H28N2O2.2ClH/c1-4-6-7-16(20-12-10-19-11-13-20)15-8-9-17(22-5-2)18(14-15)21-3;;/h4,8-9,14,16,19H,1,5-7,10-13H2,2-3H3;2*1H/t16-;;/m0../s1. The van der Waals surface area contributed by atoms with E-state index in [-0.39, 0.29) is 24.8 Å². The highest BCUT2D eigenvalue weighted by molar-refractivity contribution is 5.85. The van der Waals surface area contributed by atoms with Gasteiger partial charge in [-0.15, -0.1) is 31.4 Å². The summed E-state index contributed by atoms with van der Waals surface area (Å²) in [6.45, 7) is 10.8. The molecular weight excluding hydrogens is 347 g/mol. The Morgan fingerprint density at radius 1 is 1.25 bits per heavy atom. The topological polar surface area (TPSA) is 33.7 Å². The van der Waals surface area contributed by atoms with Gasteiger partial charge in [0.2, 0.25) is 0 Å². The van der Waals surface area contributed by atoms with Crippen LogP contribution >= 0.6 is 24.8 Å². The van der Waals surface area contributed by atoms with Crippen molar-refractivity contribution in [2.45, 2.75) is 25.8 Å². The molecule has 1 atom stereocenters. The minimum Gasteiger partial charge on any atom is -0.493 e. The molecule has 0 radical (unpaired) electrons. The van der Waals surface area contributed by atoms with E-state index in [1.165, 1.54) is 5.56 Å². The molecule has 4 nitrogen and oxygen atoms in total. The molecule has 1 aromatic carbocycles. The molecule has 0 spiro atoms. The van der Waals surface area contributed by atoms with E-state index in [0.29, 0.717) is 12.6 Å². The van der Waals surface area contributed by atoms with Crippen LogP contribution in [0.15, 0.2) is 30.9 Å². The Hall–Kier alpha value is -0.940. The number of benzene rings is 1. The summed E-state index contributed by atoms with van der Waals surface area (Å²) in [7, 11) is 1.70. The van der Waals surface area contributed by atoms with E-state index >= 15 is 0 Å². The molecule has 2 rings (SSSR count). The van der Waals surface area contributed by atoms with Crippen molar-refractivity contribution in [3.8, 4) is 11.5 Å². The zero-order valence-electron chi connectivity index (χ0n) is 14.6. The van der Waals surface area contributed by atoms with Crippen LogP contribution in [0.1, 0.15) is 31.4 Å². The molecule has 1 aliphatic heterocycles. The highest BCUT2D eigenvalue weighted by Crippen LogP contribution is 2.34. The normalized spacial score (nSPS) is 15.6. The van der Waals surface area contributed by atoms with Crippen LogP contribution in [0.3, 0.4) is 0 Å². The van der Waals surface area contributed by atoms with Crippen LogP contribution in [0, 0.1) is 0 Å². The van der Waals surface area contributed by atoms with E-state index < -0.39 is 0 Å². The Morgan fingerprint density at radius 2 is 1.96 bits per heavy atom. The number of halogens is 2. The summed E-state index contributed by atoms with van der Waals surface area (Å²) in [6.07, 6.45) is 4.10. The van der Waals surface area contributed by atoms with Gasteiger partial charge in [0, 0.05) is 32.2 Å². The van der Waals surface area contributed by atoms with E-state index in [4.69, 9.17) is 9.47 Å². The van der Waals surface area contributed by atoms with Gasteiger partial charge < -0.3 is 14.8 Å². The van der Waals surface area contributed by atoms with Crippen molar-refractivity contribution < 1.29 is 9.47 Å². The largest absolute Gasteiger partial charge is 0.493 e. The van der Waals surface area contributed by atoms with Crippen molar-refractivity contribution in [3.63, 3.8) is 0 Å². The zero-order chi connectivity index (χ0) is 15.8. The second kappa shape index (κ2) is 12.4. The third kappa shape index (κ3) is 6.17. The summed E-state index contributed by atoms with van der Waals surface area (Å²) >= 11 is 0. The highest BCUT2D eigenvalue weighted by atomic mass is 35.5. The van der Waals surface area contributed by atoms with Gasteiger partial charge >= 0.3 is 0 Å². The molecule has 0 amide bonds. The number of methoxy groups -OCH3 is 1. The lowest BCUT2D eigenvalue weighted by molar-refractivity contribution is 0.166. The summed E-state index contributed by atoms with van der Waals surface area (Å²) in [5, 5.41) is 3.42. The van der Waals surface area contributed by atoms with E-state index in [1.54, 1.807) is 7.11 Å². The quantitative estimate of drug-likeness (QED) is 0.698. The van der Waals surface area contributed by atoms with Crippen molar-refractivity contribution in [2.24, 2.45) is 0 Å². The van der Waals surface area contributed by atoms with Crippen LogP contribution in [0.25, 0.3) is 0 Å². The number of piperazine rings is 1. The molecule has 0 aliphatic carbocycles. The van der Waals surface area contributed by atoms with Gasteiger partial charge in [0.05, 0.1) is 13.7 Å². The maximum atomic E-state index is 5.62. The van der Waals surface area contributed by atoms with Crippen LogP contribution < -0.4 is 14.8 Å². The number of nitrogens with zero attached hydrogens (tertiary/aromatic N) is 1. The van der Waals surface area contributed by atoms with Crippen LogP contribution in [-0.4, -0.2) is 44.8 Å². The number of ether oxygens (including phenoxy) is 2. The molecule has 138 valence electrons. The fourth-order valence-electron chi connectivity index (χ4n) is 3.00. The van der Waals surface area contributed by atoms with Gasteiger partial charge in [-0.1, -0.05) is 12.1 Å². The highest BCUT2D eigenvalue weighted by Gasteiger charge is 2.22. The lowest BCUT2D eigenvalue weighted by atomic mass is 9.99. The molecule has 0 unspecified atom stereocenters. The van der Waals surface area contributed by atoms with E-state index in [9.17, 15) is 0 Å². The first kappa shape index (κ1) is 23.1. The van der Waals surface area contributed by atoms with Crippen molar-refractivity contribution in [1.29, 1.82) is 0 Å². The summed E-state index contributed by atoms with van der Waals surface area (Å²) in [5.41, 5.74) is 1.30. The van der Waals surface area contributed by atoms with Gasteiger partial charge in [0.1, 0.15) is 0 Å². The molecule has 6 heteroatoms. The van der Waals surface area contributed by atoms with Crippen LogP contribution in [-0.2, 0) is 0 Å². The monoisotopic (exact) mass is 376 g/mol. The predicted molar refractivity (Wildman–Crippen MR) is 105 cm³/mol. The average molecular weight is 377 g/mol. The molecule has 1 saturated heterocycles. The first-order valence-corrected chi connectivity index (χ1v) is 8.16. The minimum atomic E-state index is 0. The smallest absolute Gasteiger partial charge is 0.161 e. The van der Waals surface area contributed by atoms with Crippen LogP contribution in [0.2, 0.25) is 0 Å². The van der Waals surface area contributed by atoms with Crippen molar-refractivity contribution in [1.82, 2.24) is 10.2 Å². The van der Waals surface area contributed by atoms with Gasteiger partial charge in [0.15, 0.2) is 11.5 Å². The molecule has 1 aromatic rings. The number of nitrogens with one attached hydrogen (secondary N) is 1. The van der Waals surface area contributed by atoms with Gasteiger partial charge in [-0.2, -0.15) is 0 Å². The Labute approximate surface area is 158 Å². The second-order valence-electron chi connectivity index (χ2n) is 5.51. The molecule has 1 fully saturated rings. The lowest BCUT2D eigenvalue weighted by Gasteiger charge is -2.35. The Bertz CT molecular complexity index is 480. The second-order valence-corrected chi connectivity index (χ2v) is 5.51. The van der Waals surface area contributed by atoms with Crippen molar-refractivity contribution in [2.75, 3.05) is 39.9 Å². The van der Waals surface area contributed by atoms with E-state index in [0.717, 1.165) is 50.5 Å². The molecule has 0 saturated carbocycles. The molecule has 0 aromatic heterocycles. The summed E-state index contributed by atoms with van der Waals surface area (Å²) in [5.74, 6) is 1.63. The minimum absolute atomic E-state index is 0. The van der Waals surface area contributed by atoms with Crippen molar-refractivity contribution >= 4 is 24.8 Å². The van der Waals surface area contributed by atoms with E-state index in [2.05, 4.69) is 28.9 Å². The maximum Gasteiger partial charge on any atom is 0.161 e. The average Bonchev–Trinajstić information content (AvgIpc) is 2.57.